The Balaban J connectivity index is 1.37. The van der Waals surface area contributed by atoms with E-state index in [1.165, 1.54) is 10.6 Å². The van der Waals surface area contributed by atoms with E-state index >= 15 is 0 Å². The van der Waals surface area contributed by atoms with Gasteiger partial charge in [-0.05, 0) is 48.7 Å². The number of benzene rings is 1. The second kappa shape index (κ2) is 6.13. The number of amides is 2. The molecule has 0 unspecified atom stereocenters. The Morgan fingerprint density at radius 1 is 1.29 bits per heavy atom. The lowest BCUT2D eigenvalue weighted by molar-refractivity contribution is -0.117. The van der Waals surface area contributed by atoms with Crippen molar-refractivity contribution < 1.29 is 14.0 Å². The largest absolute Gasteiger partial charge is 0.328 e. The van der Waals surface area contributed by atoms with Crippen molar-refractivity contribution in [2.75, 3.05) is 18.4 Å². The molecule has 2 amide bonds. The van der Waals surface area contributed by atoms with Crippen LogP contribution < -0.4 is 5.32 Å². The number of aromatic nitrogens is 2. The zero-order valence-corrected chi connectivity index (χ0v) is 16.4. The van der Waals surface area contributed by atoms with Gasteiger partial charge >= 0.3 is 0 Å². The molecule has 1 aliphatic carbocycles. The predicted octanol–water partition coefficient (Wildman–Crippen LogP) is 3.36. The van der Waals surface area contributed by atoms with Crippen LogP contribution in [0.1, 0.15) is 28.8 Å². The normalized spacial score (nSPS) is 17.1. The topological polar surface area (TPSA) is 66.7 Å². The van der Waals surface area contributed by atoms with Gasteiger partial charge in [0.25, 0.3) is 5.91 Å². The fourth-order valence-electron chi connectivity index (χ4n) is 3.93. The SMILES string of the molecule is O=C(CN1CC2(CC2)c2cc(Br)ccc2C1=O)Nc1nc2ccccn2c1F. The first-order valence-corrected chi connectivity index (χ1v) is 9.78. The number of fused-ring (bicyclic) bond motifs is 3. The lowest BCUT2D eigenvalue weighted by Crippen LogP contribution is -2.46. The van der Waals surface area contributed by atoms with E-state index in [-0.39, 0.29) is 23.7 Å². The molecule has 3 heterocycles. The summed E-state index contributed by atoms with van der Waals surface area (Å²) < 4.78 is 16.6. The van der Waals surface area contributed by atoms with E-state index in [0.717, 1.165) is 22.9 Å². The van der Waals surface area contributed by atoms with Crippen LogP contribution >= 0.6 is 15.9 Å². The van der Waals surface area contributed by atoms with Gasteiger partial charge in [-0.1, -0.05) is 22.0 Å². The number of anilines is 1. The van der Waals surface area contributed by atoms with E-state index in [1.54, 1.807) is 29.2 Å². The van der Waals surface area contributed by atoms with Crippen LogP contribution in [0.3, 0.4) is 0 Å². The molecule has 0 atom stereocenters. The maximum absolute atomic E-state index is 14.4. The van der Waals surface area contributed by atoms with Crippen molar-refractivity contribution in [1.82, 2.24) is 14.3 Å². The van der Waals surface area contributed by atoms with Gasteiger partial charge in [-0.25, -0.2) is 4.98 Å². The molecule has 28 heavy (non-hydrogen) atoms. The van der Waals surface area contributed by atoms with Crippen LogP contribution in [-0.4, -0.2) is 39.2 Å². The van der Waals surface area contributed by atoms with Crippen molar-refractivity contribution in [2.45, 2.75) is 18.3 Å². The van der Waals surface area contributed by atoms with E-state index in [4.69, 9.17) is 0 Å². The maximum atomic E-state index is 14.4. The fraction of sp³-hybridized carbons (Fsp3) is 0.250. The summed E-state index contributed by atoms with van der Waals surface area (Å²) >= 11 is 3.47. The van der Waals surface area contributed by atoms with Gasteiger partial charge in [-0.2, -0.15) is 4.39 Å². The number of imidazole rings is 1. The van der Waals surface area contributed by atoms with Crippen molar-refractivity contribution in [3.63, 3.8) is 0 Å². The van der Waals surface area contributed by atoms with Crippen LogP contribution in [0, 0.1) is 5.95 Å². The second-order valence-electron chi connectivity index (χ2n) is 7.36. The summed E-state index contributed by atoms with van der Waals surface area (Å²) in [6.07, 6.45) is 3.51. The summed E-state index contributed by atoms with van der Waals surface area (Å²) in [5.41, 5.74) is 2.02. The third-order valence-corrected chi connectivity index (χ3v) is 5.97. The third-order valence-electron chi connectivity index (χ3n) is 5.48. The summed E-state index contributed by atoms with van der Waals surface area (Å²) in [6, 6.07) is 10.7. The molecule has 6 nitrogen and oxygen atoms in total. The molecule has 0 radical (unpaired) electrons. The summed E-state index contributed by atoms with van der Waals surface area (Å²) in [5, 5.41) is 2.50. The summed E-state index contributed by atoms with van der Waals surface area (Å²) in [7, 11) is 0. The van der Waals surface area contributed by atoms with Gasteiger partial charge in [-0.15, -0.1) is 0 Å². The highest BCUT2D eigenvalue weighted by Gasteiger charge is 2.51. The van der Waals surface area contributed by atoms with Gasteiger partial charge in [0.2, 0.25) is 11.9 Å². The number of rotatable bonds is 3. The highest BCUT2D eigenvalue weighted by molar-refractivity contribution is 9.10. The average Bonchev–Trinajstić information content (AvgIpc) is 3.39. The molecule has 1 saturated carbocycles. The number of hydrogen-bond donors (Lipinski definition) is 1. The Morgan fingerprint density at radius 3 is 2.86 bits per heavy atom. The smallest absolute Gasteiger partial charge is 0.254 e. The first-order chi connectivity index (χ1) is 13.5. The second-order valence-corrected chi connectivity index (χ2v) is 8.28. The number of nitrogens with zero attached hydrogens (tertiary/aromatic N) is 3. The molecule has 1 aliphatic heterocycles. The maximum Gasteiger partial charge on any atom is 0.254 e. The molecule has 142 valence electrons. The third kappa shape index (κ3) is 2.71. The Hall–Kier alpha value is -2.74. The standard InChI is InChI=1S/C20H16BrFN4O2/c21-12-4-5-13-14(9-12)20(6-7-20)11-25(19(13)28)10-16(27)24-18-17(22)26-8-2-1-3-15(26)23-18/h1-5,8-9H,6-7,10-11H2,(H,24,27). The van der Waals surface area contributed by atoms with E-state index in [0.29, 0.717) is 17.8 Å². The quantitative estimate of drug-likeness (QED) is 0.675. The molecule has 2 aromatic heterocycles. The monoisotopic (exact) mass is 442 g/mol. The number of halogens is 2. The van der Waals surface area contributed by atoms with Crippen molar-refractivity contribution in [1.29, 1.82) is 0 Å². The highest BCUT2D eigenvalue weighted by Crippen LogP contribution is 2.52. The minimum Gasteiger partial charge on any atom is -0.328 e. The molecule has 1 aromatic carbocycles. The predicted molar refractivity (Wildman–Crippen MR) is 105 cm³/mol. The van der Waals surface area contributed by atoms with Crippen LogP contribution in [0.5, 0.6) is 0 Å². The minimum absolute atomic E-state index is 0.0678. The molecule has 8 heteroatoms. The van der Waals surface area contributed by atoms with Gasteiger partial charge in [0.05, 0.1) is 0 Å². The molecule has 2 aliphatic rings. The van der Waals surface area contributed by atoms with E-state index in [9.17, 15) is 14.0 Å². The van der Waals surface area contributed by atoms with Gasteiger partial charge < -0.3 is 10.2 Å². The molecule has 3 aromatic rings. The van der Waals surface area contributed by atoms with Gasteiger partial charge in [0.1, 0.15) is 12.2 Å². The number of carbonyl (C=O) groups is 2. The Morgan fingerprint density at radius 2 is 2.11 bits per heavy atom. The van der Waals surface area contributed by atoms with Crippen LogP contribution in [0.25, 0.3) is 5.65 Å². The van der Waals surface area contributed by atoms with Crippen LogP contribution in [0.2, 0.25) is 0 Å². The van der Waals surface area contributed by atoms with Crippen LogP contribution in [0.4, 0.5) is 10.2 Å². The zero-order chi connectivity index (χ0) is 19.5. The number of carbonyl (C=O) groups excluding carboxylic acids is 2. The molecular formula is C20H16BrFN4O2. The van der Waals surface area contributed by atoms with Gasteiger partial charge in [0.15, 0.2) is 5.82 Å². The Labute approximate surface area is 168 Å². The zero-order valence-electron chi connectivity index (χ0n) is 14.8. The molecule has 0 bridgehead atoms. The molecule has 5 rings (SSSR count). The lowest BCUT2D eigenvalue weighted by atomic mass is 9.86. The molecular weight excluding hydrogens is 427 g/mol. The number of nitrogens with one attached hydrogen (secondary N) is 1. The summed E-state index contributed by atoms with van der Waals surface area (Å²) in [6.45, 7) is 0.361. The van der Waals surface area contributed by atoms with Crippen molar-refractivity contribution >= 4 is 39.2 Å². The Bertz CT molecular complexity index is 1140. The average molecular weight is 443 g/mol. The Kier molecular flexibility index (Phi) is 3.80. The first kappa shape index (κ1) is 17.4. The van der Waals surface area contributed by atoms with Crippen molar-refractivity contribution in [3.8, 4) is 0 Å². The molecule has 1 spiro atoms. The fourth-order valence-corrected chi connectivity index (χ4v) is 4.29. The molecule has 1 N–H and O–H groups in total. The van der Waals surface area contributed by atoms with Crippen molar-refractivity contribution in [3.05, 3.63) is 64.1 Å². The number of pyridine rings is 1. The van der Waals surface area contributed by atoms with E-state index < -0.39 is 11.9 Å². The summed E-state index contributed by atoms with van der Waals surface area (Å²) in [4.78, 5) is 31.0. The molecule has 1 fully saturated rings. The summed E-state index contributed by atoms with van der Waals surface area (Å²) in [5.74, 6) is -1.41. The van der Waals surface area contributed by atoms with Gasteiger partial charge in [-0.3, -0.25) is 14.0 Å². The number of hydrogen-bond acceptors (Lipinski definition) is 3. The van der Waals surface area contributed by atoms with E-state index in [1.807, 2.05) is 12.1 Å². The molecule has 0 saturated heterocycles. The first-order valence-electron chi connectivity index (χ1n) is 8.99. The lowest BCUT2D eigenvalue weighted by Gasteiger charge is -2.34. The van der Waals surface area contributed by atoms with Crippen LogP contribution in [0.15, 0.2) is 47.1 Å². The van der Waals surface area contributed by atoms with Crippen molar-refractivity contribution in [2.24, 2.45) is 0 Å². The minimum atomic E-state index is -0.636. The van der Waals surface area contributed by atoms with Crippen LogP contribution in [-0.2, 0) is 10.2 Å². The highest BCUT2D eigenvalue weighted by atomic mass is 79.9. The van der Waals surface area contributed by atoms with E-state index in [2.05, 4.69) is 26.2 Å². The van der Waals surface area contributed by atoms with Gasteiger partial charge in [0, 0.05) is 28.2 Å².